The van der Waals surface area contributed by atoms with Crippen molar-refractivity contribution in [1.29, 1.82) is 0 Å². The van der Waals surface area contributed by atoms with E-state index in [9.17, 15) is 4.79 Å². The second kappa shape index (κ2) is 8.32. The maximum atomic E-state index is 12.8. The summed E-state index contributed by atoms with van der Waals surface area (Å²) in [5.41, 5.74) is 3.17. The molecular weight excluding hydrogens is 386 g/mol. The molecule has 0 saturated carbocycles. The average Bonchev–Trinajstić information content (AvgIpc) is 3.38. The van der Waals surface area contributed by atoms with Crippen molar-refractivity contribution in [3.8, 4) is 5.82 Å². The van der Waals surface area contributed by atoms with E-state index in [4.69, 9.17) is 4.52 Å². The normalized spacial score (nSPS) is 10.8. The van der Waals surface area contributed by atoms with Crippen LogP contribution in [0.4, 0.5) is 5.69 Å². The number of aryl methyl sites for hydroxylation is 2. The van der Waals surface area contributed by atoms with E-state index in [0.717, 1.165) is 21.9 Å². The molecule has 3 aromatic heterocycles. The first-order chi connectivity index (χ1) is 14.1. The molecule has 1 N–H and O–H groups in total. The summed E-state index contributed by atoms with van der Waals surface area (Å²) in [6, 6.07) is 13.0. The smallest absolute Gasteiger partial charge is 0.256 e. The van der Waals surface area contributed by atoms with Crippen molar-refractivity contribution in [2.45, 2.75) is 24.5 Å². The molecule has 0 radical (unpaired) electrons. The monoisotopic (exact) mass is 405 g/mol. The summed E-state index contributed by atoms with van der Waals surface area (Å²) in [5, 5.41) is 11.0. The number of benzene rings is 1. The van der Waals surface area contributed by atoms with Gasteiger partial charge < -0.3 is 9.84 Å². The lowest BCUT2D eigenvalue weighted by Crippen LogP contribution is -2.13. The van der Waals surface area contributed by atoms with Crippen molar-refractivity contribution < 1.29 is 9.32 Å². The molecule has 0 aliphatic heterocycles. The molecule has 0 atom stereocenters. The van der Waals surface area contributed by atoms with E-state index >= 15 is 0 Å². The lowest BCUT2D eigenvalue weighted by molar-refractivity contribution is 0.102. The topological polar surface area (TPSA) is 85.8 Å². The third-order valence-corrected chi connectivity index (χ3v) is 5.53. The molecule has 0 bridgehead atoms. The molecule has 3 heterocycles. The van der Waals surface area contributed by atoms with Crippen LogP contribution in [0.5, 0.6) is 0 Å². The number of thioether (sulfide) groups is 1. The number of hydrogen-bond acceptors (Lipinski definition) is 6. The number of carbonyl (C=O) groups is 1. The Kier molecular flexibility index (Phi) is 5.44. The van der Waals surface area contributed by atoms with Gasteiger partial charge in [0.2, 0.25) is 0 Å². The minimum Gasteiger partial charge on any atom is -0.361 e. The number of nitrogens with zero attached hydrogens (tertiary/aromatic N) is 4. The number of hydrogen-bond donors (Lipinski definition) is 1. The minimum absolute atomic E-state index is 0.180. The number of pyridine rings is 1. The first kappa shape index (κ1) is 18.9. The van der Waals surface area contributed by atoms with Crippen molar-refractivity contribution >= 4 is 23.4 Å². The quantitative estimate of drug-likeness (QED) is 0.478. The van der Waals surface area contributed by atoms with Crippen LogP contribution < -0.4 is 5.32 Å². The molecule has 146 valence electrons. The van der Waals surface area contributed by atoms with Crippen LogP contribution in [-0.2, 0) is 5.75 Å². The Balaban J connectivity index is 1.47. The summed E-state index contributed by atoms with van der Waals surface area (Å²) >= 11 is 1.58. The Labute approximate surface area is 172 Å². The summed E-state index contributed by atoms with van der Waals surface area (Å²) in [7, 11) is 0. The molecule has 4 aromatic rings. The van der Waals surface area contributed by atoms with Gasteiger partial charge in [0.1, 0.15) is 5.76 Å². The highest BCUT2D eigenvalue weighted by molar-refractivity contribution is 7.98. The van der Waals surface area contributed by atoms with Gasteiger partial charge in [-0.15, -0.1) is 11.8 Å². The summed E-state index contributed by atoms with van der Waals surface area (Å²) in [6.45, 7) is 3.82. The molecule has 4 rings (SSSR count). The molecule has 1 aromatic carbocycles. The van der Waals surface area contributed by atoms with Gasteiger partial charge in [-0.25, -0.2) is 9.67 Å². The van der Waals surface area contributed by atoms with Crippen LogP contribution >= 0.6 is 11.8 Å². The van der Waals surface area contributed by atoms with E-state index in [-0.39, 0.29) is 5.91 Å². The van der Waals surface area contributed by atoms with Gasteiger partial charge in [-0.1, -0.05) is 17.3 Å². The molecule has 0 aliphatic rings. The standard InChI is InChI=1S/C21H19N5O2S/c1-14-18(15(2)28-25-14)13-29-19-7-4-3-6-17(19)21(27)24-16-8-9-20(22-12-16)26-11-5-10-23-26/h3-12H,13H2,1-2H3,(H,24,27). The first-order valence-electron chi connectivity index (χ1n) is 9.03. The number of aromatic nitrogens is 4. The fourth-order valence-electron chi connectivity index (χ4n) is 2.84. The summed E-state index contributed by atoms with van der Waals surface area (Å²) < 4.78 is 6.88. The third kappa shape index (κ3) is 4.22. The molecule has 0 fully saturated rings. The van der Waals surface area contributed by atoms with Crippen LogP contribution in [0, 0.1) is 13.8 Å². The van der Waals surface area contributed by atoms with Crippen LogP contribution in [-0.4, -0.2) is 25.8 Å². The highest BCUT2D eigenvalue weighted by atomic mass is 32.2. The van der Waals surface area contributed by atoms with Gasteiger partial charge in [-0.3, -0.25) is 4.79 Å². The molecule has 1 amide bonds. The van der Waals surface area contributed by atoms with E-state index in [1.165, 1.54) is 0 Å². The number of nitrogens with one attached hydrogen (secondary N) is 1. The van der Waals surface area contributed by atoms with E-state index in [1.54, 1.807) is 34.9 Å². The summed E-state index contributed by atoms with van der Waals surface area (Å²) in [6.07, 6.45) is 5.12. The first-order valence-corrected chi connectivity index (χ1v) is 10.0. The van der Waals surface area contributed by atoms with Crippen molar-refractivity contribution in [3.05, 3.63) is 83.6 Å². The van der Waals surface area contributed by atoms with Gasteiger partial charge in [0.05, 0.1) is 23.1 Å². The second-order valence-corrected chi connectivity index (χ2v) is 7.41. The summed E-state index contributed by atoms with van der Waals surface area (Å²) in [5.74, 6) is 2.00. The zero-order valence-corrected chi connectivity index (χ0v) is 16.8. The Morgan fingerprint density at radius 2 is 2.03 bits per heavy atom. The highest BCUT2D eigenvalue weighted by Gasteiger charge is 2.15. The Bertz CT molecular complexity index is 1100. The van der Waals surface area contributed by atoms with Crippen LogP contribution in [0.2, 0.25) is 0 Å². The maximum Gasteiger partial charge on any atom is 0.256 e. The zero-order valence-electron chi connectivity index (χ0n) is 16.0. The van der Waals surface area contributed by atoms with Gasteiger partial charge in [0.25, 0.3) is 5.91 Å². The number of amides is 1. The van der Waals surface area contributed by atoms with Crippen molar-refractivity contribution in [3.63, 3.8) is 0 Å². The van der Waals surface area contributed by atoms with Crippen LogP contribution in [0.15, 0.2) is 70.5 Å². The highest BCUT2D eigenvalue weighted by Crippen LogP contribution is 2.29. The molecule has 0 saturated heterocycles. The Morgan fingerprint density at radius 3 is 2.72 bits per heavy atom. The molecule has 0 aliphatic carbocycles. The van der Waals surface area contributed by atoms with E-state index in [2.05, 4.69) is 20.6 Å². The Hall–Kier alpha value is -3.39. The van der Waals surface area contributed by atoms with Gasteiger partial charge in [0, 0.05) is 28.6 Å². The van der Waals surface area contributed by atoms with Gasteiger partial charge >= 0.3 is 0 Å². The fraction of sp³-hybridized carbons (Fsp3) is 0.143. The van der Waals surface area contributed by atoms with E-state index < -0.39 is 0 Å². The van der Waals surface area contributed by atoms with Crippen LogP contribution in [0.25, 0.3) is 5.82 Å². The van der Waals surface area contributed by atoms with Crippen molar-refractivity contribution in [1.82, 2.24) is 19.9 Å². The number of carbonyl (C=O) groups excluding carboxylic acids is 1. The third-order valence-electron chi connectivity index (χ3n) is 4.43. The van der Waals surface area contributed by atoms with Crippen LogP contribution in [0.3, 0.4) is 0 Å². The number of anilines is 1. The molecule has 7 nitrogen and oxygen atoms in total. The van der Waals surface area contributed by atoms with Gasteiger partial charge in [-0.2, -0.15) is 5.10 Å². The van der Waals surface area contributed by atoms with Crippen LogP contribution in [0.1, 0.15) is 27.4 Å². The Morgan fingerprint density at radius 1 is 1.17 bits per heavy atom. The average molecular weight is 405 g/mol. The minimum atomic E-state index is -0.180. The zero-order chi connectivity index (χ0) is 20.2. The molecule has 0 spiro atoms. The molecule has 0 unspecified atom stereocenters. The lowest BCUT2D eigenvalue weighted by atomic mass is 10.2. The SMILES string of the molecule is Cc1noc(C)c1CSc1ccccc1C(=O)Nc1ccc(-n2cccn2)nc1. The predicted octanol–water partition coefficient (Wildman–Crippen LogP) is 4.42. The van der Waals surface area contributed by atoms with Crippen molar-refractivity contribution in [2.24, 2.45) is 0 Å². The fourth-order valence-corrected chi connectivity index (χ4v) is 4.04. The second-order valence-electron chi connectivity index (χ2n) is 6.40. The van der Waals surface area contributed by atoms with Crippen molar-refractivity contribution in [2.75, 3.05) is 5.32 Å². The van der Waals surface area contributed by atoms with E-state index in [0.29, 0.717) is 22.8 Å². The lowest BCUT2D eigenvalue weighted by Gasteiger charge is -2.10. The van der Waals surface area contributed by atoms with Gasteiger partial charge in [-0.05, 0) is 44.2 Å². The molecule has 8 heteroatoms. The van der Waals surface area contributed by atoms with Gasteiger partial charge in [0.15, 0.2) is 5.82 Å². The van der Waals surface area contributed by atoms with E-state index in [1.807, 2.05) is 56.4 Å². The summed E-state index contributed by atoms with van der Waals surface area (Å²) in [4.78, 5) is 18.1. The predicted molar refractivity (Wildman–Crippen MR) is 111 cm³/mol. The maximum absolute atomic E-state index is 12.8. The molecule has 29 heavy (non-hydrogen) atoms. The number of rotatable bonds is 6. The molecular formula is C21H19N5O2S. The largest absolute Gasteiger partial charge is 0.361 e.